The van der Waals surface area contributed by atoms with Gasteiger partial charge in [-0.2, -0.15) is 0 Å². The van der Waals surface area contributed by atoms with E-state index in [0.29, 0.717) is 17.1 Å². The van der Waals surface area contributed by atoms with Gasteiger partial charge >= 0.3 is 0 Å². The SMILES string of the molecule is CCC1C(=O)NCC(=O)N1c1ccc(I)cc1Cl. The lowest BCUT2D eigenvalue weighted by Crippen LogP contribution is -2.58. The lowest BCUT2D eigenvalue weighted by atomic mass is 10.1. The molecule has 1 unspecified atom stereocenters. The molecule has 1 aromatic carbocycles. The van der Waals surface area contributed by atoms with E-state index in [-0.39, 0.29) is 18.4 Å². The highest BCUT2D eigenvalue weighted by Gasteiger charge is 2.35. The maximum Gasteiger partial charge on any atom is 0.247 e. The fourth-order valence-electron chi connectivity index (χ4n) is 2.00. The number of rotatable bonds is 2. The van der Waals surface area contributed by atoms with Crippen molar-refractivity contribution in [3.05, 3.63) is 26.8 Å². The zero-order valence-electron chi connectivity index (χ0n) is 9.74. The summed E-state index contributed by atoms with van der Waals surface area (Å²) in [5.74, 6) is -0.267. The van der Waals surface area contributed by atoms with Crippen molar-refractivity contribution in [2.24, 2.45) is 0 Å². The molecule has 0 bridgehead atoms. The smallest absolute Gasteiger partial charge is 0.247 e. The fraction of sp³-hybridized carbons (Fsp3) is 0.333. The number of carbonyl (C=O) groups excluding carboxylic acids is 2. The molecule has 1 aliphatic rings. The Labute approximate surface area is 124 Å². The highest BCUT2D eigenvalue weighted by molar-refractivity contribution is 14.1. The third kappa shape index (κ3) is 2.47. The number of benzene rings is 1. The number of nitrogens with one attached hydrogen (secondary N) is 1. The maximum atomic E-state index is 12.0. The lowest BCUT2D eigenvalue weighted by molar-refractivity contribution is -0.131. The van der Waals surface area contributed by atoms with Crippen LogP contribution in [0.25, 0.3) is 0 Å². The van der Waals surface area contributed by atoms with Crippen LogP contribution >= 0.6 is 34.2 Å². The first-order chi connectivity index (χ1) is 8.54. The van der Waals surface area contributed by atoms with Crippen molar-refractivity contribution in [1.82, 2.24) is 5.32 Å². The summed E-state index contributed by atoms with van der Waals surface area (Å²) in [7, 11) is 0. The molecule has 1 saturated heterocycles. The van der Waals surface area contributed by atoms with Gasteiger partial charge in [0.25, 0.3) is 0 Å². The van der Waals surface area contributed by atoms with Gasteiger partial charge in [-0.05, 0) is 47.2 Å². The Morgan fingerprint density at radius 1 is 1.50 bits per heavy atom. The zero-order chi connectivity index (χ0) is 13.3. The van der Waals surface area contributed by atoms with E-state index in [9.17, 15) is 9.59 Å². The Hall–Kier alpha value is -0.820. The minimum absolute atomic E-state index is 0.0254. The van der Waals surface area contributed by atoms with E-state index < -0.39 is 6.04 Å². The number of anilines is 1. The van der Waals surface area contributed by atoms with Crippen LogP contribution in [0.15, 0.2) is 18.2 Å². The molecular formula is C12H12ClIN2O2. The standard InChI is InChI=1S/C12H12ClIN2O2/c1-2-9-12(18)15-6-11(17)16(9)10-4-3-7(14)5-8(10)13/h3-5,9H,2,6H2,1H3,(H,15,18). The highest BCUT2D eigenvalue weighted by Crippen LogP contribution is 2.30. The van der Waals surface area contributed by atoms with E-state index in [1.54, 1.807) is 12.1 Å². The minimum atomic E-state index is -0.483. The first-order valence-corrected chi connectivity index (χ1v) is 7.05. The molecule has 0 aliphatic carbocycles. The molecule has 0 saturated carbocycles. The number of hydrogen-bond acceptors (Lipinski definition) is 2. The van der Waals surface area contributed by atoms with Crippen molar-refractivity contribution in [3.63, 3.8) is 0 Å². The Bertz CT molecular complexity index is 507. The quantitative estimate of drug-likeness (QED) is 0.802. The summed E-state index contributed by atoms with van der Waals surface area (Å²) < 4.78 is 0.989. The summed E-state index contributed by atoms with van der Waals surface area (Å²) in [6.07, 6.45) is 0.555. The van der Waals surface area contributed by atoms with Gasteiger partial charge in [0.2, 0.25) is 11.8 Å². The molecule has 18 heavy (non-hydrogen) atoms. The molecule has 4 nitrogen and oxygen atoms in total. The first kappa shape index (κ1) is 13.6. The molecule has 2 rings (SSSR count). The predicted molar refractivity (Wildman–Crippen MR) is 78.7 cm³/mol. The third-order valence-electron chi connectivity index (χ3n) is 2.85. The molecule has 0 aromatic heterocycles. The number of piperazine rings is 1. The highest BCUT2D eigenvalue weighted by atomic mass is 127. The van der Waals surface area contributed by atoms with Crippen LogP contribution in [-0.4, -0.2) is 24.4 Å². The van der Waals surface area contributed by atoms with Crippen molar-refractivity contribution in [2.75, 3.05) is 11.4 Å². The van der Waals surface area contributed by atoms with Crippen LogP contribution in [0, 0.1) is 3.57 Å². The monoisotopic (exact) mass is 378 g/mol. The molecule has 96 valence electrons. The normalized spacial score (nSPS) is 19.9. The summed E-state index contributed by atoms with van der Waals surface area (Å²) in [5, 5.41) is 3.08. The number of nitrogens with zero attached hydrogens (tertiary/aromatic N) is 1. The lowest BCUT2D eigenvalue weighted by Gasteiger charge is -2.34. The summed E-state index contributed by atoms with van der Waals surface area (Å²) in [4.78, 5) is 25.3. The molecule has 1 fully saturated rings. The average Bonchev–Trinajstić information content (AvgIpc) is 2.33. The van der Waals surface area contributed by atoms with Crippen LogP contribution in [0.5, 0.6) is 0 Å². The summed E-state index contributed by atoms with van der Waals surface area (Å²) >= 11 is 8.32. The molecule has 1 atom stereocenters. The van der Waals surface area contributed by atoms with Crippen molar-refractivity contribution in [1.29, 1.82) is 0 Å². The molecule has 6 heteroatoms. The van der Waals surface area contributed by atoms with Crippen LogP contribution in [0.4, 0.5) is 5.69 Å². The van der Waals surface area contributed by atoms with Crippen molar-refractivity contribution >= 4 is 51.7 Å². The molecule has 1 N–H and O–H groups in total. The van der Waals surface area contributed by atoms with Crippen LogP contribution in [0.2, 0.25) is 5.02 Å². The van der Waals surface area contributed by atoms with Gasteiger partial charge in [-0.15, -0.1) is 0 Å². The summed E-state index contributed by atoms with van der Waals surface area (Å²) in [6, 6.07) is 4.95. The molecule has 1 aliphatic heterocycles. The molecule has 1 aromatic rings. The van der Waals surface area contributed by atoms with Crippen molar-refractivity contribution in [2.45, 2.75) is 19.4 Å². The van der Waals surface area contributed by atoms with E-state index in [1.165, 1.54) is 4.90 Å². The number of carbonyl (C=O) groups is 2. The van der Waals surface area contributed by atoms with Gasteiger partial charge in [-0.3, -0.25) is 14.5 Å². The Balaban J connectivity index is 2.44. The second-order valence-electron chi connectivity index (χ2n) is 4.00. The van der Waals surface area contributed by atoms with Gasteiger partial charge in [-0.1, -0.05) is 18.5 Å². The van der Waals surface area contributed by atoms with E-state index in [4.69, 9.17) is 11.6 Å². The van der Waals surface area contributed by atoms with Crippen LogP contribution < -0.4 is 10.2 Å². The van der Waals surface area contributed by atoms with E-state index in [1.807, 2.05) is 13.0 Å². The minimum Gasteiger partial charge on any atom is -0.345 e. The van der Waals surface area contributed by atoms with Gasteiger partial charge < -0.3 is 5.32 Å². The molecule has 1 heterocycles. The Morgan fingerprint density at radius 2 is 2.22 bits per heavy atom. The van der Waals surface area contributed by atoms with Gasteiger partial charge in [0.05, 0.1) is 17.3 Å². The Kier molecular flexibility index (Phi) is 4.11. The van der Waals surface area contributed by atoms with E-state index >= 15 is 0 Å². The molecular weight excluding hydrogens is 367 g/mol. The van der Waals surface area contributed by atoms with Crippen molar-refractivity contribution < 1.29 is 9.59 Å². The maximum absolute atomic E-state index is 12.0. The van der Waals surface area contributed by atoms with Gasteiger partial charge in [-0.25, -0.2) is 0 Å². The first-order valence-electron chi connectivity index (χ1n) is 5.59. The molecule has 2 amide bonds. The van der Waals surface area contributed by atoms with Crippen LogP contribution in [0.3, 0.4) is 0 Å². The van der Waals surface area contributed by atoms with Gasteiger partial charge in [0, 0.05) is 3.57 Å². The Morgan fingerprint density at radius 3 is 2.83 bits per heavy atom. The van der Waals surface area contributed by atoms with Gasteiger partial charge in [0.15, 0.2) is 0 Å². The third-order valence-corrected chi connectivity index (χ3v) is 3.83. The average molecular weight is 379 g/mol. The van der Waals surface area contributed by atoms with Crippen molar-refractivity contribution in [3.8, 4) is 0 Å². The number of halogens is 2. The predicted octanol–water partition coefficient (Wildman–Crippen LogP) is 2.19. The largest absolute Gasteiger partial charge is 0.345 e. The summed E-state index contributed by atoms with van der Waals surface area (Å²) in [6.45, 7) is 1.90. The number of amides is 2. The van der Waals surface area contributed by atoms with Crippen LogP contribution in [0.1, 0.15) is 13.3 Å². The van der Waals surface area contributed by atoms with E-state index in [0.717, 1.165) is 3.57 Å². The van der Waals surface area contributed by atoms with Crippen LogP contribution in [-0.2, 0) is 9.59 Å². The second kappa shape index (κ2) is 5.44. The second-order valence-corrected chi connectivity index (χ2v) is 5.65. The fourth-order valence-corrected chi connectivity index (χ4v) is 2.95. The van der Waals surface area contributed by atoms with E-state index in [2.05, 4.69) is 27.9 Å². The molecule has 0 spiro atoms. The number of hydrogen-bond donors (Lipinski definition) is 1. The summed E-state index contributed by atoms with van der Waals surface area (Å²) in [5.41, 5.74) is 0.601. The topological polar surface area (TPSA) is 49.4 Å². The molecule has 0 radical (unpaired) electrons. The van der Waals surface area contributed by atoms with Gasteiger partial charge in [0.1, 0.15) is 6.04 Å². The zero-order valence-corrected chi connectivity index (χ0v) is 12.7.